The Kier molecular flexibility index (Phi) is 5.81. The van der Waals surface area contributed by atoms with Crippen LogP contribution in [0.25, 0.3) is 0 Å². The number of nitriles is 1. The van der Waals surface area contributed by atoms with Gasteiger partial charge in [0.15, 0.2) is 0 Å². The lowest BCUT2D eigenvalue weighted by atomic mass is 9.99. The standard InChI is InChI=1S/C23H21N3O2/c1-4-20-21(22(27)19-11-15(2)10-18(12-19)13-24)25-16(3)26-23(20)28-14-17-8-6-5-7-9-17/h5-12H,4,14H2,1-3H3. The van der Waals surface area contributed by atoms with Gasteiger partial charge in [-0.05, 0) is 49.6 Å². The fourth-order valence-corrected chi connectivity index (χ4v) is 3.04. The lowest BCUT2D eigenvalue weighted by Crippen LogP contribution is -2.13. The summed E-state index contributed by atoms with van der Waals surface area (Å²) in [7, 11) is 0. The van der Waals surface area contributed by atoms with Crippen LogP contribution in [-0.4, -0.2) is 15.8 Å². The van der Waals surface area contributed by atoms with E-state index in [2.05, 4.69) is 16.0 Å². The first-order valence-electron chi connectivity index (χ1n) is 9.12. The Balaban J connectivity index is 1.99. The molecule has 0 saturated heterocycles. The molecule has 0 radical (unpaired) electrons. The molecule has 1 aromatic heterocycles. The Bertz CT molecular complexity index is 1050. The van der Waals surface area contributed by atoms with E-state index in [9.17, 15) is 10.1 Å². The lowest BCUT2D eigenvalue weighted by molar-refractivity contribution is 0.103. The van der Waals surface area contributed by atoms with E-state index in [1.807, 2.05) is 44.2 Å². The molecule has 0 aliphatic rings. The normalized spacial score (nSPS) is 10.4. The summed E-state index contributed by atoms with van der Waals surface area (Å²) in [5.41, 5.74) is 3.77. The molecule has 0 unspecified atom stereocenters. The van der Waals surface area contributed by atoms with Crippen molar-refractivity contribution >= 4 is 5.78 Å². The third-order valence-electron chi connectivity index (χ3n) is 4.34. The van der Waals surface area contributed by atoms with Crippen LogP contribution in [0.5, 0.6) is 5.88 Å². The van der Waals surface area contributed by atoms with Crippen molar-refractivity contribution < 1.29 is 9.53 Å². The van der Waals surface area contributed by atoms with Gasteiger partial charge in [0.25, 0.3) is 0 Å². The zero-order valence-electron chi connectivity index (χ0n) is 16.2. The highest BCUT2D eigenvalue weighted by atomic mass is 16.5. The van der Waals surface area contributed by atoms with Crippen LogP contribution in [0, 0.1) is 25.2 Å². The van der Waals surface area contributed by atoms with E-state index in [0.29, 0.717) is 47.1 Å². The SMILES string of the molecule is CCc1c(OCc2ccccc2)nc(C)nc1C(=O)c1cc(C)cc(C#N)c1. The maximum absolute atomic E-state index is 13.2. The third kappa shape index (κ3) is 4.24. The predicted octanol–water partition coefficient (Wildman–Crippen LogP) is 4.34. The first-order chi connectivity index (χ1) is 13.5. The number of nitrogens with zero attached hydrogens (tertiary/aromatic N) is 3. The summed E-state index contributed by atoms with van der Waals surface area (Å²) >= 11 is 0. The predicted molar refractivity (Wildman–Crippen MR) is 106 cm³/mol. The van der Waals surface area contributed by atoms with Crippen molar-refractivity contribution in [3.05, 3.63) is 87.9 Å². The highest BCUT2D eigenvalue weighted by Gasteiger charge is 2.21. The van der Waals surface area contributed by atoms with Crippen molar-refractivity contribution in [1.82, 2.24) is 9.97 Å². The van der Waals surface area contributed by atoms with Gasteiger partial charge in [0.1, 0.15) is 18.1 Å². The molecule has 0 saturated carbocycles. The van der Waals surface area contributed by atoms with Crippen LogP contribution in [0.1, 0.15) is 51.1 Å². The third-order valence-corrected chi connectivity index (χ3v) is 4.34. The number of ketones is 1. The van der Waals surface area contributed by atoms with E-state index in [4.69, 9.17) is 4.74 Å². The van der Waals surface area contributed by atoms with Crippen LogP contribution in [0.2, 0.25) is 0 Å². The van der Waals surface area contributed by atoms with Gasteiger partial charge in [0.2, 0.25) is 11.7 Å². The highest BCUT2D eigenvalue weighted by Crippen LogP contribution is 2.24. The van der Waals surface area contributed by atoms with Gasteiger partial charge < -0.3 is 4.74 Å². The average molecular weight is 371 g/mol. The van der Waals surface area contributed by atoms with E-state index in [1.54, 1.807) is 25.1 Å². The van der Waals surface area contributed by atoms with Crippen LogP contribution >= 0.6 is 0 Å². The van der Waals surface area contributed by atoms with Gasteiger partial charge in [-0.2, -0.15) is 10.2 Å². The second kappa shape index (κ2) is 8.45. The first-order valence-corrected chi connectivity index (χ1v) is 9.12. The molecule has 5 heteroatoms. The minimum atomic E-state index is -0.230. The molecular weight excluding hydrogens is 350 g/mol. The Morgan fingerprint density at radius 2 is 1.86 bits per heavy atom. The molecule has 0 aliphatic heterocycles. The lowest BCUT2D eigenvalue weighted by Gasteiger charge is -2.14. The molecule has 0 N–H and O–H groups in total. The van der Waals surface area contributed by atoms with Crippen LogP contribution in [0.4, 0.5) is 0 Å². The number of ether oxygens (including phenoxy) is 1. The molecular formula is C23H21N3O2. The second-order valence-electron chi connectivity index (χ2n) is 6.56. The maximum atomic E-state index is 13.2. The number of carbonyl (C=O) groups is 1. The molecule has 1 heterocycles. The molecule has 28 heavy (non-hydrogen) atoms. The van der Waals surface area contributed by atoms with Gasteiger partial charge in [0.05, 0.1) is 11.6 Å². The van der Waals surface area contributed by atoms with Crippen molar-refractivity contribution in [2.45, 2.75) is 33.8 Å². The number of carbonyl (C=O) groups excluding carboxylic acids is 1. The minimum absolute atomic E-state index is 0.230. The van der Waals surface area contributed by atoms with Crippen molar-refractivity contribution in [2.75, 3.05) is 0 Å². The molecule has 0 aliphatic carbocycles. The number of rotatable bonds is 6. The number of aromatic nitrogens is 2. The van der Waals surface area contributed by atoms with E-state index < -0.39 is 0 Å². The highest BCUT2D eigenvalue weighted by molar-refractivity contribution is 6.09. The summed E-state index contributed by atoms with van der Waals surface area (Å²) in [6, 6.07) is 17.0. The van der Waals surface area contributed by atoms with E-state index in [-0.39, 0.29) is 5.78 Å². The summed E-state index contributed by atoms with van der Waals surface area (Å²) in [5, 5.41) is 9.20. The molecule has 0 amide bonds. The Morgan fingerprint density at radius 1 is 1.11 bits per heavy atom. The summed E-state index contributed by atoms with van der Waals surface area (Å²) in [6.45, 7) is 5.90. The molecule has 0 atom stereocenters. The molecule has 3 aromatic rings. The fraction of sp³-hybridized carbons (Fsp3) is 0.217. The van der Waals surface area contributed by atoms with Crippen LogP contribution in [0.15, 0.2) is 48.5 Å². The molecule has 0 fully saturated rings. The van der Waals surface area contributed by atoms with Crippen molar-refractivity contribution in [3.63, 3.8) is 0 Å². The Morgan fingerprint density at radius 3 is 2.54 bits per heavy atom. The van der Waals surface area contributed by atoms with Crippen molar-refractivity contribution in [2.24, 2.45) is 0 Å². The zero-order chi connectivity index (χ0) is 20.1. The van der Waals surface area contributed by atoms with E-state index >= 15 is 0 Å². The number of hydrogen-bond acceptors (Lipinski definition) is 5. The number of hydrogen-bond donors (Lipinski definition) is 0. The van der Waals surface area contributed by atoms with Crippen molar-refractivity contribution in [3.8, 4) is 11.9 Å². The van der Waals surface area contributed by atoms with E-state index in [0.717, 1.165) is 11.1 Å². The topological polar surface area (TPSA) is 75.9 Å². The molecule has 0 spiro atoms. The maximum Gasteiger partial charge on any atom is 0.220 e. The summed E-state index contributed by atoms with van der Waals surface area (Å²) in [4.78, 5) is 22.0. The molecule has 0 bridgehead atoms. The average Bonchev–Trinajstić information content (AvgIpc) is 2.71. The number of benzene rings is 2. The van der Waals surface area contributed by atoms with Crippen LogP contribution in [-0.2, 0) is 13.0 Å². The Hall–Kier alpha value is -3.52. The van der Waals surface area contributed by atoms with Crippen LogP contribution < -0.4 is 4.74 Å². The molecule has 5 nitrogen and oxygen atoms in total. The van der Waals surface area contributed by atoms with Gasteiger partial charge in [-0.25, -0.2) is 4.98 Å². The molecule has 3 rings (SSSR count). The van der Waals surface area contributed by atoms with Gasteiger partial charge in [-0.3, -0.25) is 4.79 Å². The minimum Gasteiger partial charge on any atom is -0.472 e. The van der Waals surface area contributed by atoms with Gasteiger partial charge in [0, 0.05) is 11.1 Å². The van der Waals surface area contributed by atoms with Gasteiger partial charge in [-0.1, -0.05) is 37.3 Å². The fourth-order valence-electron chi connectivity index (χ4n) is 3.04. The molecule has 2 aromatic carbocycles. The molecule has 140 valence electrons. The van der Waals surface area contributed by atoms with Gasteiger partial charge in [-0.15, -0.1) is 0 Å². The first kappa shape index (κ1) is 19.2. The monoisotopic (exact) mass is 371 g/mol. The largest absolute Gasteiger partial charge is 0.472 e. The second-order valence-corrected chi connectivity index (χ2v) is 6.56. The summed E-state index contributed by atoms with van der Waals surface area (Å²) in [6.07, 6.45) is 0.558. The van der Waals surface area contributed by atoms with Crippen molar-refractivity contribution in [1.29, 1.82) is 5.26 Å². The van der Waals surface area contributed by atoms with E-state index in [1.165, 1.54) is 0 Å². The Labute approximate surface area is 164 Å². The van der Waals surface area contributed by atoms with Crippen LogP contribution in [0.3, 0.4) is 0 Å². The quantitative estimate of drug-likeness (QED) is 0.603. The van der Waals surface area contributed by atoms with Gasteiger partial charge >= 0.3 is 0 Å². The number of aryl methyl sites for hydroxylation is 2. The summed E-state index contributed by atoms with van der Waals surface area (Å²) < 4.78 is 5.93. The zero-order valence-corrected chi connectivity index (χ0v) is 16.2. The summed E-state index contributed by atoms with van der Waals surface area (Å²) in [5.74, 6) is 0.666. The smallest absolute Gasteiger partial charge is 0.220 e.